The third-order valence-corrected chi connectivity index (χ3v) is 5.93. The van der Waals surface area contributed by atoms with Crippen molar-refractivity contribution in [3.8, 4) is 0 Å². The van der Waals surface area contributed by atoms with Crippen LogP contribution in [0.4, 0.5) is 0 Å². The molecule has 0 bridgehead atoms. The fourth-order valence-electron chi connectivity index (χ4n) is 3.95. The van der Waals surface area contributed by atoms with Gasteiger partial charge >= 0.3 is 11.8 Å². The normalized spacial score (nSPS) is 19.7. The first-order valence-electron chi connectivity index (χ1n) is 10.8. The Morgan fingerprint density at radius 3 is 2.37 bits per heavy atom. The predicted molar refractivity (Wildman–Crippen MR) is 115 cm³/mol. The summed E-state index contributed by atoms with van der Waals surface area (Å²) in [5.41, 5.74) is 3.22. The average Bonchev–Trinajstić information content (AvgIpc) is 2.79. The minimum absolute atomic E-state index is 0.0888. The van der Waals surface area contributed by atoms with Crippen molar-refractivity contribution in [1.29, 1.82) is 0 Å². The van der Waals surface area contributed by atoms with E-state index in [1.54, 1.807) is 11.1 Å². The van der Waals surface area contributed by atoms with Gasteiger partial charge in [0.1, 0.15) is 32.2 Å². The maximum absolute atomic E-state index is 12.4. The molecule has 0 saturated carbocycles. The molecule has 1 aromatic carbocycles. The quantitative estimate of drug-likeness (QED) is 0.426. The van der Waals surface area contributed by atoms with Gasteiger partial charge in [-0.2, -0.15) is 0 Å². The standard InChI is InChI=1S/C23H31N5O2/c1-3-27-11-13-28(14-12-27)21(20-5-4-10-24-16-20)17-26-23(30)22(29)25-15-19-8-6-18(2)7-9-19/h4-10,16,21H,3,11-15,17H2,1-2H3,(H,25,29)(H,26,30)/p+2/t21-/m0/s1. The van der Waals surface area contributed by atoms with Crippen LogP contribution in [0.15, 0.2) is 48.8 Å². The number of nitrogens with one attached hydrogen (secondary N) is 4. The molecule has 0 unspecified atom stereocenters. The van der Waals surface area contributed by atoms with E-state index in [9.17, 15) is 9.59 Å². The Kier molecular flexibility index (Phi) is 7.93. The first kappa shape index (κ1) is 21.9. The van der Waals surface area contributed by atoms with Crippen LogP contribution in [0.2, 0.25) is 0 Å². The van der Waals surface area contributed by atoms with Gasteiger partial charge in [-0.05, 0) is 31.5 Å². The molecule has 1 saturated heterocycles. The van der Waals surface area contributed by atoms with Crippen LogP contribution in [0.5, 0.6) is 0 Å². The minimum Gasteiger partial charge on any atom is -0.344 e. The molecule has 0 radical (unpaired) electrons. The molecular formula is C23H33N5O2+2. The SMILES string of the molecule is CC[NH+]1CC[NH+]([C@@H](CNC(=O)C(=O)NCc2ccc(C)cc2)c2cccnc2)CC1. The lowest BCUT2D eigenvalue weighted by molar-refractivity contribution is -1.03. The third kappa shape index (κ3) is 6.11. The van der Waals surface area contributed by atoms with Crippen LogP contribution in [-0.4, -0.2) is 56.1 Å². The van der Waals surface area contributed by atoms with Crippen molar-refractivity contribution in [2.45, 2.75) is 26.4 Å². The van der Waals surface area contributed by atoms with Crippen molar-refractivity contribution in [3.63, 3.8) is 0 Å². The molecule has 1 aromatic heterocycles. The number of quaternary nitrogens is 2. The maximum atomic E-state index is 12.4. The summed E-state index contributed by atoms with van der Waals surface area (Å²) in [5.74, 6) is -1.19. The van der Waals surface area contributed by atoms with E-state index in [1.807, 2.05) is 49.5 Å². The van der Waals surface area contributed by atoms with Gasteiger partial charge in [-0.15, -0.1) is 0 Å². The summed E-state index contributed by atoms with van der Waals surface area (Å²) in [6, 6.07) is 11.9. The third-order valence-electron chi connectivity index (χ3n) is 5.93. The molecule has 1 aliphatic rings. The Balaban J connectivity index is 1.55. The van der Waals surface area contributed by atoms with Crippen LogP contribution in [0, 0.1) is 6.92 Å². The van der Waals surface area contributed by atoms with Gasteiger partial charge < -0.3 is 20.4 Å². The summed E-state index contributed by atoms with van der Waals surface area (Å²) in [7, 11) is 0. The van der Waals surface area contributed by atoms with E-state index in [0.717, 1.165) is 49.4 Å². The molecule has 7 heteroatoms. The number of piperazine rings is 1. The van der Waals surface area contributed by atoms with Gasteiger partial charge in [0.2, 0.25) is 0 Å². The Morgan fingerprint density at radius 2 is 1.73 bits per heavy atom. The molecule has 30 heavy (non-hydrogen) atoms. The van der Waals surface area contributed by atoms with Crippen molar-refractivity contribution in [2.75, 3.05) is 39.3 Å². The van der Waals surface area contributed by atoms with E-state index in [2.05, 4.69) is 22.5 Å². The van der Waals surface area contributed by atoms with Crippen LogP contribution in [0.25, 0.3) is 0 Å². The molecule has 0 spiro atoms. The van der Waals surface area contributed by atoms with E-state index in [-0.39, 0.29) is 6.04 Å². The molecule has 2 amide bonds. The summed E-state index contributed by atoms with van der Waals surface area (Å²) in [4.78, 5) is 31.9. The van der Waals surface area contributed by atoms with Gasteiger partial charge in [0.05, 0.1) is 13.1 Å². The number of hydrogen-bond donors (Lipinski definition) is 4. The summed E-state index contributed by atoms with van der Waals surface area (Å²) in [6.07, 6.45) is 3.62. The molecule has 160 valence electrons. The number of aryl methyl sites for hydroxylation is 1. The summed E-state index contributed by atoms with van der Waals surface area (Å²) < 4.78 is 0. The zero-order valence-electron chi connectivity index (χ0n) is 17.9. The van der Waals surface area contributed by atoms with Gasteiger partial charge in [0.25, 0.3) is 0 Å². The number of carbonyl (C=O) groups excluding carboxylic acids is 2. The molecule has 1 aliphatic heterocycles. The maximum Gasteiger partial charge on any atom is 0.309 e. The molecule has 4 N–H and O–H groups in total. The Morgan fingerprint density at radius 1 is 1.03 bits per heavy atom. The van der Waals surface area contributed by atoms with Gasteiger partial charge in [-0.1, -0.05) is 29.8 Å². The van der Waals surface area contributed by atoms with Gasteiger partial charge in [0.15, 0.2) is 0 Å². The number of nitrogens with zero attached hydrogens (tertiary/aromatic N) is 1. The lowest BCUT2D eigenvalue weighted by atomic mass is 10.1. The number of carbonyl (C=O) groups is 2. The van der Waals surface area contributed by atoms with Crippen LogP contribution < -0.4 is 20.4 Å². The number of amides is 2. The summed E-state index contributed by atoms with van der Waals surface area (Å²) in [5, 5.41) is 5.54. The molecular weight excluding hydrogens is 378 g/mol. The van der Waals surface area contributed by atoms with Crippen LogP contribution in [0.1, 0.15) is 29.7 Å². The van der Waals surface area contributed by atoms with Crippen molar-refractivity contribution >= 4 is 11.8 Å². The van der Waals surface area contributed by atoms with Crippen molar-refractivity contribution in [3.05, 3.63) is 65.5 Å². The van der Waals surface area contributed by atoms with Crippen molar-refractivity contribution < 1.29 is 19.4 Å². The second-order valence-corrected chi connectivity index (χ2v) is 7.98. The lowest BCUT2D eigenvalue weighted by Crippen LogP contribution is -3.28. The topological polar surface area (TPSA) is 80.0 Å². The highest BCUT2D eigenvalue weighted by Crippen LogP contribution is 2.07. The van der Waals surface area contributed by atoms with Gasteiger partial charge in [-0.25, -0.2) is 0 Å². The smallest absolute Gasteiger partial charge is 0.309 e. The lowest BCUT2D eigenvalue weighted by Gasteiger charge is -2.34. The number of pyridine rings is 1. The highest BCUT2D eigenvalue weighted by molar-refractivity contribution is 6.35. The zero-order valence-corrected chi connectivity index (χ0v) is 17.9. The number of benzene rings is 1. The summed E-state index contributed by atoms with van der Waals surface area (Å²) in [6.45, 7) is 10.4. The molecule has 0 aliphatic carbocycles. The fraction of sp³-hybridized carbons (Fsp3) is 0.435. The summed E-state index contributed by atoms with van der Waals surface area (Å²) >= 11 is 0. The first-order valence-corrected chi connectivity index (χ1v) is 10.8. The zero-order chi connectivity index (χ0) is 21.3. The predicted octanol–water partition coefficient (Wildman–Crippen LogP) is -1.33. The van der Waals surface area contributed by atoms with Crippen molar-refractivity contribution in [1.82, 2.24) is 15.6 Å². The second-order valence-electron chi connectivity index (χ2n) is 7.98. The van der Waals surface area contributed by atoms with Crippen LogP contribution in [0.3, 0.4) is 0 Å². The fourth-order valence-corrected chi connectivity index (χ4v) is 3.95. The van der Waals surface area contributed by atoms with Crippen LogP contribution >= 0.6 is 0 Å². The van der Waals surface area contributed by atoms with E-state index in [1.165, 1.54) is 4.90 Å². The van der Waals surface area contributed by atoms with Gasteiger partial charge in [-0.3, -0.25) is 14.6 Å². The molecule has 7 nitrogen and oxygen atoms in total. The van der Waals surface area contributed by atoms with E-state index >= 15 is 0 Å². The molecule has 2 heterocycles. The molecule has 2 aromatic rings. The van der Waals surface area contributed by atoms with E-state index in [4.69, 9.17) is 0 Å². The van der Waals surface area contributed by atoms with Crippen LogP contribution in [-0.2, 0) is 16.1 Å². The van der Waals surface area contributed by atoms with E-state index < -0.39 is 11.8 Å². The number of likely N-dealkylation sites (N-methyl/N-ethyl adjacent to an activating group) is 1. The second kappa shape index (κ2) is 10.8. The van der Waals surface area contributed by atoms with Gasteiger partial charge in [0, 0.05) is 24.5 Å². The molecule has 3 rings (SSSR count). The monoisotopic (exact) mass is 411 g/mol. The number of aromatic nitrogens is 1. The highest BCUT2D eigenvalue weighted by Gasteiger charge is 2.31. The Labute approximate surface area is 178 Å². The van der Waals surface area contributed by atoms with Crippen molar-refractivity contribution in [2.24, 2.45) is 0 Å². The largest absolute Gasteiger partial charge is 0.344 e. The number of hydrogen-bond acceptors (Lipinski definition) is 3. The minimum atomic E-state index is -0.601. The average molecular weight is 412 g/mol. The first-order chi connectivity index (χ1) is 14.6. The molecule has 1 fully saturated rings. The number of rotatable bonds is 7. The highest BCUT2D eigenvalue weighted by atomic mass is 16.2. The Bertz CT molecular complexity index is 817. The molecule has 1 atom stereocenters. The Hall–Kier alpha value is -2.77. The van der Waals surface area contributed by atoms with E-state index in [0.29, 0.717) is 13.1 Å².